The first-order valence-electron chi connectivity index (χ1n) is 14.7. The number of para-hydroxylation sites is 1. The van der Waals surface area contributed by atoms with Crippen molar-refractivity contribution in [3.8, 4) is 11.6 Å². The second-order valence-corrected chi connectivity index (χ2v) is 11.0. The molecule has 0 spiro atoms. The number of carbonyl (C=O) groups excluding carboxylic acids is 1. The maximum atomic E-state index is 14.1. The van der Waals surface area contributed by atoms with E-state index in [-0.39, 0.29) is 46.5 Å². The highest BCUT2D eigenvalue weighted by Gasteiger charge is 2.34. The van der Waals surface area contributed by atoms with Gasteiger partial charge in [-0.25, -0.2) is 0 Å². The zero-order chi connectivity index (χ0) is 32.8. The van der Waals surface area contributed by atoms with Crippen molar-refractivity contribution < 1.29 is 22.7 Å². The van der Waals surface area contributed by atoms with Gasteiger partial charge in [0.25, 0.3) is 5.91 Å². The van der Waals surface area contributed by atoms with E-state index >= 15 is 0 Å². The number of rotatable bonds is 10. The molecule has 10 nitrogen and oxygen atoms in total. The predicted molar refractivity (Wildman–Crippen MR) is 173 cm³/mol. The maximum absolute atomic E-state index is 14.1. The number of hydrogen-bond acceptors (Lipinski definition) is 9. The van der Waals surface area contributed by atoms with Crippen LogP contribution in [0.25, 0.3) is 0 Å². The molecule has 1 fully saturated rings. The fraction of sp³-hybridized carbons (Fsp3) is 0.273. The molecule has 3 aromatic carbocycles. The van der Waals surface area contributed by atoms with E-state index in [9.17, 15) is 18.0 Å². The molecule has 1 saturated heterocycles. The number of amides is 1. The van der Waals surface area contributed by atoms with Gasteiger partial charge in [-0.15, -0.1) is 0 Å². The monoisotopic (exact) mass is 632 g/mol. The summed E-state index contributed by atoms with van der Waals surface area (Å²) in [7, 11) is 3.65. The van der Waals surface area contributed by atoms with E-state index < -0.39 is 17.6 Å². The SMILES string of the molecule is CNc1nc(Nc2ccccc2)nc(Oc2cc(C(=O)Nc3ccc(CN4CCN(C)CC4)c(C(F)(F)F)c3)ccc2C)c1C=N. The summed E-state index contributed by atoms with van der Waals surface area (Å²) in [6, 6.07) is 17.9. The number of alkyl halides is 3. The van der Waals surface area contributed by atoms with Crippen molar-refractivity contribution in [3.05, 3.63) is 94.5 Å². The van der Waals surface area contributed by atoms with E-state index in [2.05, 4.69) is 30.8 Å². The number of likely N-dealkylation sites (N-methyl/N-ethyl adjacent to an activating group) is 1. The Kier molecular flexibility index (Phi) is 9.83. The molecule has 240 valence electrons. The molecule has 46 heavy (non-hydrogen) atoms. The number of carbonyl (C=O) groups is 1. The standard InChI is InChI=1S/C33H35F3N8O2/c1-21-9-10-22(17-28(21)46-31-26(19-37)29(38-2)41-32(42-31)40-24-7-5-4-6-8-24)30(45)39-25-12-11-23(27(18-25)33(34,35)36)20-44-15-13-43(3)14-16-44/h4-12,17-19,37H,13-16,20H2,1-3H3,(H,39,45)(H2,38,40,41,42). The van der Waals surface area contributed by atoms with Gasteiger partial charge < -0.3 is 31.0 Å². The van der Waals surface area contributed by atoms with E-state index in [1.165, 1.54) is 18.2 Å². The lowest BCUT2D eigenvalue weighted by Crippen LogP contribution is -2.44. The topological polar surface area (TPSA) is 118 Å². The van der Waals surface area contributed by atoms with E-state index in [1.54, 1.807) is 26.1 Å². The van der Waals surface area contributed by atoms with E-state index in [0.717, 1.165) is 31.1 Å². The average molecular weight is 633 g/mol. The highest BCUT2D eigenvalue weighted by Crippen LogP contribution is 2.35. The largest absolute Gasteiger partial charge is 0.438 e. The van der Waals surface area contributed by atoms with Gasteiger partial charge in [0.1, 0.15) is 11.6 Å². The lowest BCUT2D eigenvalue weighted by Gasteiger charge is -2.33. The Bertz CT molecular complexity index is 1710. The second-order valence-electron chi connectivity index (χ2n) is 11.0. The van der Waals surface area contributed by atoms with Crippen LogP contribution in [-0.2, 0) is 12.7 Å². The highest BCUT2D eigenvalue weighted by atomic mass is 19.4. The molecule has 0 aliphatic carbocycles. The normalized spacial score (nSPS) is 14.0. The van der Waals surface area contributed by atoms with Gasteiger partial charge in [0.15, 0.2) is 0 Å². The van der Waals surface area contributed by atoms with Crippen LogP contribution < -0.4 is 20.7 Å². The maximum Gasteiger partial charge on any atom is 0.416 e. The van der Waals surface area contributed by atoms with Crippen molar-refractivity contribution in [1.29, 1.82) is 5.41 Å². The second kappa shape index (κ2) is 14.0. The zero-order valence-electron chi connectivity index (χ0n) is 25.7. The fourth-order valence-corrected chi connectivity index (χ4v) is 5.02. The van der Waals surface area contributed by atoms with E-state index in [0.29, 0.717) is 24.5 Å². The quantitative estimate of drug-likeness (QED) is 0.149. The molecule has 13 heteroatoms. The molecular weight excluding hydrogens is 597 g/mol. The van der Waals surface area contributed by atoms with Gasteiger partial charge in [0.05, 0.1) is 11.1 Å². The van der Waals surface area contributed by atoms with Crippen molar-refractivity contribution in [1.82, 2.24) is 19.8 Å². The van der Waals surface area contributed by atoms with Gasteiger partial charge in [-0.3, -0.25) is 9.69 Å². The Morgan fingerprint density at radius 3 is 2.41 bits per heavy atom. The minimum Gasteiger partial charge on any atom is -0.438 e. The molecule has 5 rings (SSSR count). The van der Waals surface area contributed by atoms with E-state index in [4.69, 9.17) is 10.1 Å². The van der Waals surface area contributed by atoms with Crippen LogP contribution in [0.3, 0.4) is 0 Å². The lowest BCUT2D eigenvalue weighted by atomic mass is 10.0. The molecule has 0 unspecified atom stereocenters. The lowest BCUT2D eigenvalue weighted by molar-refractivity contribution is -0.138. The Labute approximate surface area is 265 Å². The van der Waals surface area contributed by atoms with Crippen LogP contribution in [0.4, 0.5) is 36.3 Å². The van der Waals surface area contributed by atoms with Crippen LogP contribution in [0.15, 0.2) is 66.7 Å². The summed E-state index contributed by atoms with van der Waals surface area (Å²) in [5.74, 6) is 0.308. The molecule has 1 aliphatic rings. The van der Waals surface area contributed by atoms with Crippen molar-refractivity contribution in [2.45, 2.75) is 19.6 Å². The highest BCUT2D eigenvalue weighted by molar-refractivity contribution is 6.04. The van der Waals surface area contributed by atoms with Crippen molar-refractivity contribution >= 4 is 35.3 Å². The third-order valence-electron chi connectivity index (χ3n) is 7.64. The Morgan fingerprint density at radius 2 is 1.74 bits per heavy atom. The van der Waals surface area contributed by atoms with Crippen LogP contribution in [0.1, 0.15) is 32.6 Å². The van der Waals surface area contributed by atoms with Gasteiger partial charge in [-0.05, 0) is 61.5 Å². The Balaban J connectivity index is 1.37. The third kappa shape index (κ3) is 7.79. The molecule has 4 N–H and O–H groups in total. The summed E-state index contributed by atoms with van der Waals surface area (Å²) >= 11 is 0. The van der Waals surface area contributed by atoms with Gasteiger partial charge >= 0.3 is 6.18 Å². The number of aryl methyl sites for hydroxylation is 1. The van der Waals surface area contributed by atoms with E-state index in [1.807, 2.05) is 42.3 Å². The number of piperazine rings is 1. The number of nitrogens with one attached hydrogen (secondary N) is 4. The van der Waals surface area contributed by atoms with Crippen LogP contribution in [0, 0.1) is 12.3 Å². The molecular formula is C33H35F3N8O2. The molecule has 0 bridgehead atoms. The summed E-state index contributed by atoms with van der Waals surface area (Å²) in [6.45, 7) is 4.90. The number of hydrogen-bond donors (Lipinski definition) is 4. The minimum atomic E-state index is -4.59. The zero-order valence-corrected chi connectivity index (χ0v) is 25.7. The minimum absolute atomic E-state index is 0.0275. The number of nitrogens with zero attached hydrogens (tertiary/aromatic N) is 4. The van der Waals surface area contributed by atoms with Crippen LogP contribution in [-0.4, -0.2) is 72.2 Å². The fourth-order valence-electron chi connectivity index (χ4n) is 5.02. The van der Waals surface area contributed by atoms with Gasteiger partial charge in [0, 0.05) is 62.9 Å². The number of anilines is 4. The summed E-state index contributed by atoms with van der Waals surface area (Å²) in [4.78, 5) is 26.3. The van der Waals surface area contributed by atoms with Crippen molar-refractivity contribution in [2.75, 3.05) is 56.2 Å². The first-order chi connectivity index (χ1) is 22.0. The van der Waals surface area contributed by atoms with Crippen LogP contribution >= 0.6 is 0 Å². The summed E-state index contributed by atoms with van der Waals surface area (Å²) < 4.78 is 48.4. The predicted octanol–water partition coefficient (Wildman–Crippen LogP) is 6.38. The van der Waals surface area contributed by atoms with Crippen LogP contribution in [0.2, 0.25) is 0 Å². The van der Waals surface area contributed by atoms with Gasteiger partial charge in [-0.1, -0.05) is 30.3 Å². The summed E-state index contributed by atoms with van der Waals surface area (Å²) in [6.07, 6.45) is -3.52. The van der Waals surface area contributed by atoms with Crippen LogP contribution in [0.5, 0.6) is 11.6 Å². The summed E-state index contributed by atoms with van der Waals surface area (Å²) in [5, 5.41) is 16.6. The first-order valence-corrected chi connectivity index (χ1v) is 14.7. The molecule has 0 atom stereocenters. The Morgan fingerprint density at radius 1 is 1.00 bits per heavy atom. The molecule has 1 aliphatic heterocycles. The molecule has 0 saturated carbocycles. The third-order valence-corrected chi connectivity index (χ3v) is 7.64. The summed E-state index contributed by atoms with van der Waals surface area (Å²) in [5.41, 5.74) is 1.27. The number of benzene rings is 3. The van der Waals surface area contributed by atoms with Crippen molar-refractivity contribution in [3.63, 3.8) is 0 Å². The van der Waals surface area contributed by atoms with Crippen molar-refractivity contribution in [2.24, 2.45) is 0 Å². The molecule has 4 aromatic rings. The molecule has 2 heterocycles. The van der Waals surface area contributed by atoms with Gasteiger partial charge in [-0.2, -0.15) is 23.1 Å². The van der Waals surface area contributed by atoms with Gasteiger partial charge in [0.2, 0.25) is 11.8 Å². The number of aromatic nitrogens is 2. The molecule has 1 amide bonds. The molecule has 0 radical (unpaired) electrons. The molecule has 1 aromatic heterocycles. The average Bonchev–Trinajstić information content (AvgIpc) is 3.03. The smallest absolute Gasteiger partial charge is 0.416 e. The number of ether oxygens (including phenoxy) is 1. The number of halogens is 3. The first kappa shape index (κ1) is 32.4. The Hall–Kier alpha value is -5.01.